The summed E-state index contributed by atoms with van der Waals surface area (Å²) in [5, 5.41) is 9.07. The molecule has 0 aromatic heterocycles. The van der Waals surface area contributed by atoms with Crippen molar-refractivity contribution in [1.82, 2.24) is 10.2 Å². The maximum absolute atomic E-state index is 3.50. The summed E-state index contributed by atoms with van der Waals surface area (Å²) < 4.78 is 0. The molecular weight excluding hydrogens is 375 g/mol. The average molecular weight is 405 g/mol. The Balaban J connectivity index is 0.00000131. The number of nitrogens with one attached hydrogen (secondary N) is 1. The second-order valence-electron chi connectivity index (χ2n) is 7.18. The summed E-state index contributed by atoms with van der Waals surface area (Å²) in [5.74, 6) is 0. The lowest BCUT2D eigenvalue weighted by atomic mass is 9.90. The number of benzene rings is 3. The van der Waals surface area contributed by atoms with Crippen LogP contribution < -0.4 is 5.32 Å². The number of halogens is 2. The molecule has 4 heteroatoms. The number of hydrogen-bond acceptors (Lipinski definition) is 2. The van der Waals surface area contributed by atoms with Crippen LogP contribution in [0.15, 0.2) is 54.6 Å². The van der Waals surface area contributed by atoms with Gasteiger partial charge in [-0.15, -0.1) is 24.8 Å². The van der Waals surface area contributed by atoms with E-state index in [1.54, 1.807) is 0 Å². The molecular formula is C23H30Cl2N2. The summed E-state index contributed by atoms with van der Waals surface area (Å²) in [6, 6.07) is 20.8. The Labute approximate surface area is 175 Å². The first-order chi connectivity index (χ1) is 12.4. The predicted molar refractivity (Wildman–Crippen MR) is 123 cm³/mol. The second-order valence-corrected chi connectivity index (χ2v) is 7.18. The zero-order chi connectivity index (χ0) is 17.1. The minimum absolute atomic E-state index is 0. The Morgan fingerprint density at radius 1 is 0.889 bits per heavy atom. The van der Waals surface area contributed by atoms with E-state index in [0.29, 0.717) is 6.04 Å². The van der Waals surface area contributed by atoms with Gasteiger partial charge in [-0.1, -0.05) is 68.3 Å². The van der Waals surface area contributed by atoms with Gasteiger partial charge in [0.1, 0.15) is 0 Å². The van der Waals surface area contributed by atoms with Crippen LogP contribution >= 0.6 is 24.8 Å². The van der Waals surface area contributed by atoms with Gasteiger partial charge in [-0.2, -0.15) is 0 Å². The molecule has 4 rings (SSSR count). The maximum Gasteiger partial charge on any atom is 0.0355 e. The minimum Gasteiger partial charge on any atom is -0.314 e. The van der Waals surface area contributed by atoms with Crippen molar-refractivity contribution in [1.29, 1.82) is 0 Å². The predicted octanol–water partition coefficient (Wildman–Crippen LogP) is 5.97. The molecule has 146 valence electrons. The summed E-state index contributed by atoms with van der Waals surface area (Å²) in [4.78, 5) is 2.70. The van der Waals surface area contributed by atoms with Gasteiger partial charge in [0.15, 0.2) is 0 Å². The molecule has 0 bridgehead atoms. The molecule has 1 aliphatic heterocycles. The molecule has 0 saturated carbocycles. The number of nitrogens with zero attached hydrogens (tertiary/aromatic N) is 1. The van der Waals surface area contributed by atoms with Crippen LogP contribution in [0.5, 0.6) is 0 Å². The molecule has 1 saturated heterocycles. The standard InChI is InChI=1S/C23H28N2.2ClH/c1-2-3-12-23(25-15-13-24-14-16-25)22-17-18-8-4-5-9-19(18)20-10-6-7-11-21(20)22;;/h4-11,17,23-24H,2-3,12-16H2,1H3;2*1H/t23-;;/m0../s1. The normalized spacial score (nSPS) is 15.9. The van der Waals surface area contributed by atoms with Crippen LogP contribution in [0, 0.1) is 0 Å². The van der Waals surface area contributed by atoms with Gasteiger partial charge >= 0.3 is 0 Å². The van der Waals surface area contributed by atoms with E-state index in [1.165, 1.54) is 46.4 Å². The molecule has 2 nitrogen and oxygen atoms in total. The monoisotopic (exact) mass is 404 g/mol. The Morgan fingerprint density at radius 3 is 2.22 bits per heavy atom. The van der Waals surface area contributed by atoms with E-state index in [0.717, 1.165) is 26.2 Å². The summed E-state index contributed by atoms with van der Waals surface area (Å²) in [6.07, 6.45) is 3.79. The number of rotatable bonds is 5. The van der Waals surface area contributed by atoms with Crippen LogP contribution in [-0.2, 0) is 0 Å². The molecule has 0 amide bonds. The van der Waals surface area contributed by atoms with Crippen molar-refractivity contribution in [3.63, 3.8) is 0 Å². The fourth-order valence-electron chi connectivity index (χ4n) is 4.28. The van der Waals surface area contributed by atoms with Crippen molar-refractivity contribution < 1.29 is 0 Å². The van der Waals surface area contributed by atoms with Crippen molar-refractivity contribution in [2.45, 2.75) is 32.2 Å². The highest BCUT2D eigenvalue weighted by Gasteiger charge is 2.23. The van der Waals surface area contributed by atoms with Crippen LogP contribution in [-0.4, -0.2) is 31.1 Å². The smallest absolute Gasteiger partial charge is 0.0355 e. The zero-order valence-corrected chi connectivity index (χ0v) is 17.6. The van der Waals surface area contributed by atoms with Crippen molar-refractivity contribution in [3.05, 3.63) is 60.2 Å². The molecule has 1 fully saturated rings. The van der Waals surface area contributed by atoms with Crippen molar-refractivity contribution in [2.24, 2.45) is 0 Å². The highest BCUT2D eigenvalue weighted by molar-refractivity contribution is 6.09. The van der Waals surface area contributed by atoms with E-state index in [2.05, 4.69) is 71.7 Å². The lowest BCUT2D eigenvalue weighted by molar-refractivity contribution is 0.164. The Kier molecular flexibility index (Phi) is 8.37. The first-order valence-electron chi connectivity index (χ1n) is 9.73. The van der Waals surface area contributed by atoms with E-state index < -0.39 is 0 Å². The van der Waals surface area contributed by atoms with E-state index in [9.17, 15) is 0 Å². The van der Waals surface area contributed by atoms with E-state index in [1.807, 2.05) is 0 Å². The van der Waals surface area contributed by atoms with Crippen LogP contribution in [0.1, 0.15) is 37.8 Å². The van der Waals surface area contributed by atoms with Gasteiger partial charge in [0.2, 0.25) is 0 Å². The number of unbranched alkanes of at least 4 members (excludes halogenated alkanes) is 1. The summed E-state index contributed by atoms with van der Waals surface area (Å²) in [5.41, 5.74) is 1.52. The fraction of sp³-hybridized carbons (Fsp3) is 0.391. The highest BCUT2D eigenvalue weighted by atomic mass is 35.5. The van der Waals surface area contributed by atoms with E-state index >= 15 is 0 Å². The molecule has 1 aliphatic rings. The summed E-state index contributed by atoms with van der Waals surface area (Å²) >= 11 is 0. The molecule has 1 N–H and O–H groups in total. The highest BCUT2D eigenvalue weighted by Crippen LogP contribution is 2.36. The zero-order valence-electron chi connectivity index (χ0n) is 16.0. The number of piperazine rings is 1. The lowest BCUT2D eigenvalue weighted by Crippen LogP contribution is -2.45. The van der Waals surface area contributed by atoms with Gasteiger partial charge in [-0.25, -0.2) is 0 Å². The second kappa shape index (κ2) is 10.3. The molecule has 1 heterocycles. The maximum atomic E-state index is 3.50. The third-order valence-corrected chi connectivity index (χ3v) is 5.58. The van der Waals surface area contributed by atoms with Crippen molar-refractivity contribution in [3.8, 4) is 0 Å². The first kappa shape index (κ1) is 22.0. The number of hydrogen-bond donors (Lipinski definition) is 1. The van der Waals surface area contributed by atoms with E-state index in [-0.39, 0.29) is 24.8 Å². The number of fused-ring (bicyclic) bond motifs is 3. The molecule has 0 unspecified atom stereocenters. The Hall–Kier alpha value is -1.32. The molecule has 0 radical (unpaired) electrons. The lowest BCUT2D eigenvalue weighted by Gasteiger charge is -2.36. The molecule has 3 aromatic rings. The average Bonchev–Trinajstić information content (AvgIpc) is 2.69. The molecule has 27 heavy (non-hydrogen) atoms. The summed E-state index contributed by atoms with van der Waals surface area (Å²) in [7, 11) is 0. The van der Waals surface area contributed by atoms with Crippen molar-refractivity contribution >= 4 is 46.4 Å². The van der Waals surface area contributed by atoms with Gasteiger partial charge in [0.25, 0.3) is 0 Å². The van der Waals surface area contributed by atoms with Gasteiger partial charge in [-0.3, -0.25) is 4.90 Å². The summed E-state index contributed by atoms with van der Waals surface area (Å²) in [6.45, 7) is 6.81. The molecule has 3 aromatic carbocycles. The quantitative estimate of drug-likeness (QED) is 0.526. The third kappa shape index (κ3) is 4.57. The third-order valence-electron chi connectivity index (χ3n) is 5.58. The van der Waals surface area contributed by atoms with Crippen LogP contribution in [0.3, 0.4) is 0 Å². The van der Waals surface area contributed by atoms with Gasteiger partial charge in [0.05, 0.1) is 0 Å². The van der Waals surface area contributed by atoms with Gasteiger partial charge in [-0.05, 0) is 39.6 Å². The fourth-order valence-corrected chi connectivity index (χ4v) is 4.28. The van der Waals surface area contributed by atoms with E-state index in [4.69, 9.17) is 0 Å². The van der Waals surface area contributed by atoms with Crippen molar-refractivity contribution in [2.75, 3.05) is 26.2 Å². The SMILES string of the molecule is CCCC[C@@H](c1cc2ccccc2c2ccccc12)N1CCNCC1.Cl.Cl. The largest absolute Gasteiger partial charge is 0.314 e. The molecule has 1 atom stereocenters. The van der Waals surface area contributed by atoms with Crippen LogP contribution in [0.25, 0.3) is 21.5 Å². The van der Waals surface area contributed by atoms with Crippen LogP contribution in [0.2, 0.25) is 0 Å². The van der Waals surface area contributed by atoms with Crippen LogP contribution in [0.4, 0.5) is 0 Å². The minimum atomic E-state index is 0. The van der Waals surface area contributed by atoms with Gasteiger partial charge in [0, 0.05) is 32.2 Å². The van der Waals surface area contributed by atoms with Gasteiger partial charge < -0.3 is 5.32 Å². The first-order valence-corrected chi connectivity index (χ1v) is 9.73. The topological polar surface area (TPSA) is 15.3 Å². The molecule has 0 aliphatic carbocycles. The Morgan fingerprint density at radius 2 is 1.52 bits per heavy atom. The molecule has 0 spiro atoms. The Bertz CT molecular complexity index is 859.